The van der Waals surface area contributed by atoms with Crippen LogP contribution in [-0.4, -0.2) is 16.0 Å². The predicted molar refractivity (Wildman–Crippen MR) is 112 cm³/mol. The van der Waals surface area contributed by atoms with Gasteiger partial charge in [-0.3, -0.25) is 14.5 Å². The molecule has 1 aliphatic rings. The maximum atomic E-state index is 12.9. The second-order valence-electron chi connectivity index (χ2n) is 7.03. The van der Waals surface area contributed by atoms with Crippen LogP contribution >= 0.6 is 11.8 Å². The number of halogens is 3. The Kier molecular flexibility index (Phi) is 5.49. The average molecular weight is 443 g/mol. The van der Waals surface area contributed by atoms with Crippen LogP contribution in [0, 0.1) is 6.92 Å². The van der Waals surface area contributed by atoms with E-state index in [0.717, 1.165) is 39.9 Å². The van der Waals surface area contributed by atoms with Crippen LogP contribution in [-0.2, 0) is 17.5 Å². The summed E-state index contributed by atoms with van der Waals surface area (Å²) in [5, 5.41) is -0.388. The molecule has 1 fully saturated rings. The van der Waals surface area contributed by atoms with Crippen molar-refractivity contribution in [1.29, 1.82) is 0 Å². The third-order valence-corrected chi connectivity index (χ3v) is 5.62. The Morgan fingerprint density at radius 1 is 1.03 bits per heavy atom. The molecule has 1 saturated heterocycles. The van der Waals surface area contributed by atoms with E-state index in [0.29, 0.717) is 0 Å². The van der Waals surface area contributed by atoms with Crippen molar-refractivity contribution < 1.29 is 27.2 Å². The number of nitrogens with zero attached hydrogens (tertiary/aromatic N) is 1. The normalized spacial score (nSPS) is 15.9. The van der Waals surface area contributed by atoms with Crippen molar-refractivity contribution in [2.75, 3.05) is 0 Å². The number of carbonyl (C=O) groups is 2. The van der Waals surface area contributed by atoms with Gasteiger partial charge in [-0.1, -0.05) is 42.0 Å². The van der Waals surface area contributed by atoms with Gasteiger partial charge in [-0.2, -0.15) is 13.2 Å². The standard InChI is InChI=1S/C23H16F3NO3S/c1-14-5-7-15(8-6-14)13-27-21(28)20(31-22(27)29)12-18-9-10-19(30-18)16-3-2-4-17(11-16)23(24,25)26/h2-12H,13H2,1H3/b20-12-. The number of amides is 2. The summed E-state index contributed by atoms with van der Waals surface area (Å²) >= 11 is 0.800. The van der Waals surface area contributed by atoms with E-state index in [2.05, 4.69) is 0 Å². The number of carbonyl (C=O) groups excluding carboxylic acids is 2. The Balaban J connectivity index is 1.53. The molecule has 2 amide bonds. The molecular formula is C23H16F3NO3S. The first kappa shape index (κ1) is 21.0. The summed E-state index contributed by atoms with van der Waals surface area (Å²) < 4.78 is 44.4. The first-order valence-electron chi connectivity index (χ1n) is 9.29. The van der Waals surface area contributed by atoms with E-state index in [9.17, 15) is 22.8 Å². The first-order chi connectivity index (χ1) is 14.7. The van der Waals surface area contributed by atoms with Crippen LogP contribution in [0.25, 0.3) is 17.4 Å². The number of furan rings is 1. The monoisotopic (exact) mass is 443 g/mol. The van der Waals surface area contributed by atoms with Crippen LogP contribution < -0.4 is 0 Å². The molecule has 3 aromatic rings. The first-order valence-corrected chi connectivity index (χ1v) is 10.1. The number of benzene rings is 2. The van der Waals surface area contributed by atoms with Crippen molar-refractivity contribution in [2.24, 2.45) is 0 Å². The zero-order valence-corrected chi connectivity index (χ0v) is 17.1. The van der Waals surface area contributed by atoms with Crippen molar-refractivity contribution in [2.45, 2.75) is 19.6 Å². The van der Waals surface area contributed by atoms with E-state index in [1.165, 1.54) is 24.3 Å². The lowest BCUT2D eigenvalue weighted by molar-refractivity contribution is -0.137. The number of hydrogen-bond acceptors (Lipinski definition) is 4. The van der Waals surface area contributed by atoms with Gasteiger partial charge in [0, 0.05) is 11.6 Å². The molecule has 0 aliphatic carbocycles. The van der Waals surface area contributed by atoms with Crippen LogP contribution in [0.15, 0.2) is 70.0 Å². The van der Waals surface area contributed by atoms with Crippen LogP contribution in [0.2, 0.25) is 0 Å². The molecule has 4 rings (SSSR count). The quantitative estimate of drug-likeness (QED) is 0.431. The zero-order valence-electron chi connectivity index (χ0n) is 16.3. The van der Waals surface area contributed by atoms with Gasteiger partial charge in [0.15, 0.2) is 0 Å². The molecular weight excluding hydrogens is 427 g/mol. The van der Waals surface area contributed by atoms with Gasteiger partial charge >= 0.3 is 6.18 Å². The molecule has 0 spiro atoms. The Labute approximate surface area is 180 Å². The predicted octanol–water partition coefficient (Wildman–Crippen LogP) is 6.51. The summed E-state index contributed by atoms with van der Waals surface area (Å²) in [6.07, 6.45) is -3.03. The molecule has 158 valence electrons. The summed E-state index contributed by atoms with van der Waals surface area (Å²) in [5.41, 5.74) is 1.40. The highest BCUT2D eigenvalue weighted by atomic mass is 32.2. The molecule has 2 heterocycles. The lowest BCUT2D eigenvalue weighted by atomic mass is 10.1. The summed E-state index contributed by atoms with van der Waals surface area (Å²) in [6.45, 7) is 2.11. The second-order valence-corrected chi connectivity index (χ2v) is 8.03. The third-order valence-electron chi connectivity index (χ3n) is 4.71. The van der Waals surface area contributed by atoms with Crippen LogP contribution in [0.4, 0.5) is 18.0 Å². The Morgan fingerprint density at radius 2 is 1.77 bits per heavy atom. The van der Waals surface area contributed by atoms with Gasteiger partial charge in [-0.05, 0) is 48.5 Å². The van der Waals surface area contributed by atoms with Crippen molar-refractivity contribution in [3.8, 4) is 11.3 Å². The van der Waals surface area contributed by atoms with E-state index in [1.54, 1.807) is 6.07 Å². The largest absolute Gasteiger partial charge is 0.457 e. The molecule has 2 aromatic carbocycles. The van der Waals surface area contributed by atoms with E-state index in [-0.39, 0.29) is 33.8 Å². The van der Waals surface area contributed by atoms with E-state index in [1.807, 2.05) is 31.2 Å². The maximum Gasteiger partial charge on any atom is 0.416 e. The highest BCUT2D eigenvalue weighted by Crippen LogP contribution is 2.35. The summed E-state index contributed by atoms with van der Waals surface area (Å²) in [6, 6.07) is 15.4. The Hall–Kier alpha value is -3.26. The number of rotatable bonds is 4. The van der Waals surface area contributed by atoms with E-state index < -0.39 is 17.6 Å². The molecule has 0 atom stereocenters. The van der Waals surface area contributed by atoms with Crippen molar-refractivity contribution in [3.63, 3.8) is 0 Å². The molecule has 4 nitrogen and oxygen atoms in total. The molecule has 0 unspecified atom stereocenters. The van der Waals surface area contributed by atoms with Crippen LogP contribution in [0.3, 0.4) is 0 Å². The molecule has 0 radical (unpaired) electrons. The molecule has 0 N–H and O–H groups in total. The lowest BCUT2D eigenvalue weighted by Gasteiger charge is -2.12. The molecule has 8 heteroatoms. The number of thioether (sulfide) groups is 1. The third kappa shape index (κ3) is 4.59. The summed E-state index contributed by atoms with van der Waals surface area (Å²) in [4.78, 5) is 26.3. The minimum absolute atomic E-state index is 0.163. The topological polar surface area (TPSA) is 50.5 Å². The van der Waals surface area contributed by atoms with Crippen LogP contribution in [0.1, 0.15) is 22.5 Å². The molecule has 31 heavy (non-hydrogen) atoms. The molecule has 0 saturated carbocycles. The fourth-order valence-electron chi connectivity index (χ4n) is 3.08. The molecule has 1 aliphatic heterocycles. The Morgan fingerprint density at radius 3 is 2.48 bits per heavy atom. The van der Waals surface area contributed by atoms with Gasteiger partial charge in [-0.25, -0.2) is 0 Å². The maximum absolute atomic E-state index is 12.9. The minimum Gasteiger partial charge on any atom is -0.457 e. The lowest BCUT2D eigenvalue weighted by Crippen LogP contribution is -2.27. The SMILES string of the molecule is Cc1ccc(CN2C(=O)S/C(=C\c3ccc(-c4cccc(C(F)(F)F)c4)o3)C2=O)cc1. The highest BCUT2D eigenvalue weighted by Gasteiger charge is 2.35. The van der Waals surface area contributed by atoms with Crippen molar-refractivity contribution in [1.82, 2.24) is 4.90 Å². The highest BCUT2D eigenvalue weighted by molar-refractivity contribution is 8.18. The van der Waals surface area contributed by atoms with Gasteiger partial charge < -0.3 is 4.42 Å². The van der Waals surface area contributed by atoms with E-state index >= 15 is 0 Å². The number of alkyl halides is 3. The Bertz CT molecular complexity index is 1180. The minimum atomic E-state index is -4.46. The fourth-order valence-corrected chi connectivity index (χ4v) is 3.89. The van der Waals surface area contributed by atoms with E-state index in [4.69, 9.17) is 4.42 Å². The van der Waals surface area contributed by atoms with Gasteiger partial charge in [0.1, 0.15) is 11.5 Å². The summed E-state index contributed by atoms with van der Waals surface area (Å²) in [5.74, 6) is 0.0667. The molecule has 1 aromatic heterocycles. The smallest absolute Gasteiger partial charge is 0.416 e. The second kappa shape index (κ2) is 8.11. The number of hydrogen-bond donors (Lipinski definition) is 0. The zero-order chi connectivity index (χ0) is 22.2. The summed E-state index contributed by atoms with van der Waals surface area (Å²) in [7, 11) is 0. The number of imide groups is 1. The van der Waals surface area contributed by atoms with Crippen LogP contribution in [0.5, 0.6) is 0 Å². The van der Waals surface area contributed by atoms with Gasteiger partial charge in [0.25, 0.3) is 11.1 Å². The van der Waals surface area contributed by atoms with Gasteiger partial charge in [0.2, 0.25) is 0 Å². The van der Waals surface area contributed by atoms with Gasteiger partial charge in [-0.15, -0.1) is 0 Å². The van der Waals surface area contributed by atoms with Crippen molar-refractivity contribution in [3.05, 3.63) is 88.0 Å². The van der Waals surface area contributed by atoms with Crippen molar-refractivity contribution >= 4 is 29.0 Å². The molecule has 0 bridgehead atoms. The number of aryl methyl sites for hydroxylation is 1. The average Bonchev–Trinajstić information content (AvgIpc) is 3.29. The van der Waals surface area contributed by atoms with Gasteiger partial charge in [0.05, 0.1) is 17.0 Å². The fraction of sp³-hybridized carbons (Fsp3) is 0.130.